The average molecular weight is 270 g/mol. The monoisotopic (exact) mass is 270 g/mol. The van der Waals surface area contributed by atoms with Gasteiger partial charge in [0.25, 0.3) is 5.91 Å². The fourth-order valence-electron chi connectivity index (χ4n) is 1.62. The van der Waals surface area contributed by atoms with Crippen molar-refractivity contribution in [2.24, 2.45) is 5.73 Å². The van der Waals surface area contributed by atoms with Crippen LogP contribution in [0.4, 0.5) is 13.2 Å². The van der Waals surface area contributed by atoms with Crippen LogP contribution in [0.15, 0.2) is 24.3 Å². The largest absolute Gasteiger partial charge is 0.416 e. The van der Waals surface area contributed by atoms with Crippen LogP contribution in [0.5, 0.6) is 0 Å². The van der Waals surface area contributed by atoms with Gasteiger partial charge in [-0.15, -0.1) is 5.10 Å². The van der Waals surface area contributed by atoms with Crippen molar-refractivity contribution in [2.75, 3.05) is 0 Å². The second kappa shape index (κ2) is 4.38. The third kappa shape index (κ3) is 2.42. The number of alkyl halides is 3. The molecule has 0 aliphatic carbocycles. The summed E-state index contributed by atoms with van der Waals surface area (Å²) in [4.78, 5) is 11.0. The van der Waals surface area contributed by atoms with E-state index in [0.29, 0.717) is 0 Å². The van der Waals surface area contributed by atoms with Crippen molar-refractivity contribution in [2.45, 2.75) is 13.1 Å². The molecule has 2 N–H and O–H groups in total. The van der Waals surface area contributed by atoms with E-state index in [4.69, 9.17) is 5.73 Å². The highest BCUT2D eigenvalue weighted by Crippen LogP contribution is 2.30. The van der Waals surface area contributed by atoms with Crippen molar-refractivity contribution in [3.63, 3.8) is 0 Å². The molecule has 0 saturated carbocycles. The van der Waals surface area contributed by atoms with E-state index >= 15 is 0 Å². The van der Waals surface area contributed by atoms with Gasteiger partial charge >= 0.3 is 6.18 Å². The maximum atomic E-state index is 12.6. The van der Waals surface area contributed by atoms with Crippen molar-refractivity contribution in [1.29, 1.82) is 0 Å². The van der Waals surface area contributed by atoms with Crippen molar-refractivity contribution >= 4 is 5.91 Å². The lowest BCUT2D eigenvalue weighted by atomic mass is 10.2. The van der Waals surface area contributed by atoms with Gasteiger partial charge in [0.2, 0.25) is 0 Å². The van der Waals surface area contributed by atoms with Crippen LogP contribution in [0.1, 0.15) is 21.7 Å². The molecule has 1 heterocycles. The number of carbonyl (C=O) groups is 1. The van der Waals surface area contributed by atoms with E-state index < -0.39 is 17.6 Å². The SMILES string of the molecule is Cc1c(C(N)=O)nnn1-c1cccc(C(F)(F)F)c1. The number of nitrogens with two attached hydrogens (primary N) is 1. The highest BCUT2D eigenvalue weighted by molar-refractivity contribution is 5.91. The van der Waals surface area contributed by atoms with E-state index in [-0.39, 0.29) is 17.1 Å². The molecule has 1 amide bonds. The fourth-order valence-corrected chi connectivity index (χ4v) is 1.62. The van der Waals surface area contributed by atoms with Crippen LogP contribution in [0, 0.1) is 6.92 Å². The first-order chi connectivity index (χ1) is 8.80. The summed E-state index contributed by atoms with van der Waals surface area (Å²) >= 11 is 0. The summed E-state index contributed by atoms with van der Waals surface area (Å²) in [6.45, 7) is 1.50. The number of carbonyl (C=O) groups excluding carboxylic acids is 1. The molecule has 1 aromatic heterocycles. The van der Waals surface area contributed by atoms with Crippen LogP contribution in [-0.4, -0.2) is 20.9 Å². The summed E-state index contributed by atoms with van der Waals surface area (Å²) in [7, 11) is 0. The summed E-state index contributed by atoms with van der Waals surface area (Å²) in [6, 6.07) is 4.56. The lowest BCUT2D eigenvalue weighted by Gasteiger charge is -2.09. The van der Waals surface area contributed by atoms with Gasteiger partial charge in [0.05, 0.1) is 16.9 Å². The first-order valence-electron chi connectivity index (χ1n) is 5.20. The lowest BCUT2D eigenvalue weighted by Crippen LogP contribution is -2.13. The molecule has 5 nitrogen and oxygen atoms in total. The Morgan fingerprint density at radius 3 is 2.58 bits per heavy atom. The topological polar surface area (TPSA) is 73.8 Å². The van der Waals surface area contributed by atoms with Crippen LogP contribution < -0.4 is 5.73 Å². The minimum absolute atomic E-state index is 0.0718. The molecule has 1 aromatic carbocycles. The van der Waals surface area contributed by atoms with Crippen LogP contribution in [-0.2, 0) is 6.18 Å². The second-order valence-corrected chi connectivity index (χ2v) is 3.85. The van der Waals surface area contributed by atoms with E-state index in [2.05, 4.69) is 10.3 Å². The van der Waals surface area contributed by atoms with Gasteiger partial charge in [0.1, 0.15) is 0 Å². The fraction of sp³-hybridized carbons (Fsp3) is 0.182. The molecule has 0 radical (unpaired) electrons. The summed E-state index contributed by atoms with van der Waals surface area (Å²) in [5.41, 5.74) is 4.64. The number of rotatable bonds is 2. The first kappa shape index (κ1) is 13.1. The van der Waals surface area contributed by atoms with E-state index in [0.717, 1.165) is 16.8 Å². The van der Waals surface area contributed by atoms with E-state index in [9.17, 15) is 18.0 Å². The highest BCUT2D eigenvalue weighted by atomic mass is 19.4. The number of hydrogen-bond donors (Lipinski definition) is 1. The minimum Gasteiger partial charge on any atom is -0.364 e. The van der Waals surface area contributed by atoms with E-state index in [1.807, 2.05) is 0 Å². The third-order valence-corrected chi connectivity index (χ3v) is 2.55. The second-order valence-electron chi connectivity index (χ2n) is 3.85. The van der Waals surface area contributed by atoms with Crippen molar-refractivity contribution in [1.82, 2.24) is 15.0 Å². The number of primary amides is 1. The lowest BCUT2D eigenvalue weighted by molar-refractivity contribution is -0.137. The Balaban J connectivity index is 2.51. The van der Waals surface area contributed by atoms with Crippen molar-refractivity contribution in [3.8, 4) is 5.69 Å². The number of aromatic nitrogens is 3. The summed E-state index contributed by atoms with van der Waals surface area (Å²) in [5, 5.41) is 7.17. The number of nitrogens with zero attached hydrogens (tertiary/aromatic N) is 3. The van der Waals surface area contributed by atoms with Gasteiger partial charge in [-0.05, 0) is 25.1 Å². The van der Waals surface area contributed by atoms with Gasteiger partial charge in [-0.25, -0.2) is 4.68 Å². The Morgan fingerprint density at radius 1 is 1.37 bits per heavy atom. The van der Waals surface area contributed by atoms with Gasteiger partial charge in [0.15, 0.2) is 5.69 Å². The zero-order valence-electron chi connectivity index (χ0n) is 9.77. The molecule has 2 aromatic rings. The van der Waals surface area contributed by atoms with Crippen LogP contribution in [0.25, 0.3) is 5.69 Å². The summed E-state index contributed by atoms with van der Waals surface area (Å²) in [5.74, 6) is -0.782. The van der Waals surface area contributed by atoms with Crippen LogP contribution >= 0.6 is 0 Å². The van der Waals surface area contributed by atoms with Gasteiger partial charge < -0.3 is 5.73 Å². The maximum Gasteiger partial charge on any atom is 0.416 e. The zero-order chi connectivity index (χ0) is 14.2. The Hall–Kier alpha value is -2.38. The molecular formula is C11H9F3N4O. The number of benzene rings is 1. The molecular weight excluding hydrogens is 261 g/mol. The number of hydrogen-bond acceptors (Lipinski definition) is 3. The van der Waals surface area contributed by atoms with Gasteiger partial charge in [0, 0.05) is 0 Å². The Kier molecular flexibility index (Phi) is 3.01. The number of halogens is 3. The minimum atomic E-state index is -4.45. The standard InChI is InChI=1S/C11H9F3N4O/c1-6-9(10(15)19)16-17-18(6)8-4-2-3-7(5-8)11(12,13)14/h2-5H,1H3,(H2,15,19). The van der Waals surface area contributed by atoms with Gasteiger partial charge in [-0.2, -0.15) is 13.2 Å². The molecule has 0 spiro atoms. The molecule has 0 unspecified atom stereocenters. The molecule has 100 valence electrons. The van der Waals surface area contributed by atoms with Gasteiger partial charge in [-0.3, -0.25) is 4.79 Å². The van der Waals surface area contributed by atoms with Gasteiger partial charge in [-0.1, -0.05) is 11.3 Å². The molecule has 0 atom stereocenters. The molecule has 19 heavy (non-hydrogen) atoms. The summed E-state index contributed by atoms with van der Waals surface area (Å²) in [6.07, 6.45) is -4.45. The molecule has 8 heteroatoms. The molecule has 0 saturated heterocycles. The Labute approximate surface area is 105 Å². The third-order valence-electron chi connectivity index (χ3n) is 2.55. The van der Waals surface area contributed by atoms with Crippen molar-refractivity contribution < 1.29 is 18.0 Å². The normalized spacial score (nSPS) is 11.6. The van der Waals surface area contributed by atoms with Crippen molar-refractivity contribution in [3.05, 3.63) is 41.2 Å². The Bertz CT molecular complexity index is 633. The first-order valence-corrected chi connectivity index (χ1v) is 5.20. The van der Waals surface area contributed by atoms with E-state index in [1.54, 1.807) is 0 Å². The van der Waals surface area contributed by atoms with Crippen LogP contribution in [0.2, 0.25) is 0 Å². The quantitative estimate of drug-likeness (QED) is 0.902. The zero-order valence-corrected chi connectivity index (χ0v) is 9.77. The maximum absolute atomic E-state index is 12.6. The smallest absolute Gasteiger partial charge is 0.364 e. The Morgan fingerprint density at radius 2 is 2.05 bits per heavy atom. The molecule has 0 bridgehead atoms. The predicted octanol–water partition coefficient (Wildman–Crippen LogP) is 1.69. The molecule has 0 aliphatic heterocycles. The number of amides is 1. The highest BCUT2D eigenvalue weighted by Gasteiger charge is 2.30. The predicted molar refractivity (Wildman–Crippen MR) is 59.6 cm³/mol. The molecule has 0 fully saturated rings. The average Bonchev–Trinajstić information content (AvgIpc) is 2.70. The summed E-state index contributed by atoms with van der Waals surface area (Å²) < 4.78 is 38.9. The molecule has 2 rings (SSSR count). The van der Waals surface area contributed by atoms with Crippen LogP contribution in [0.3, 0.4) is 0 Å². The van der Waals surface area contributed by atoms with E-state index in [1.165, 1.54) is 19.1 Å². The molecule has 0 aliphatic rings.